The van der Waals surface area contributed by atoms with Crippen LogP contribution in [0, 0.1) is 0 Å². The molecule has 0 fully saturated rings. The third kappa shape index (κ3) is 3.10. The van der Waals surface area contributed by atoms with Crippen LogP contribution in [0.3, 0.4) is 0 Å². The fraction of sp³-hybridized carbons (Fsp3) is 0.250. The predicted molar refractivity (Wildman–Crippen MR) is 63.2 cm³/mol. The van der Waals surface area contributed by atoms with Crippen molar-refractivity contribution in [2.45, 2.75) is 5.88 Å². The lowest BCUT2D eigenvalue weighted by Crippen LogP contribution is -2.26. The first-order valence-corrected chi connectivity index (χ1v) is 5.23. The van der Waals surface area contributed by atoms with Gasteiger partial charge in [-0.05, 0) is 17.7 Å². The molecule has 1 amide bonds. The normalized spacial score (nSPS) is 9.73. The highest BCUT2D eigenvalue weighted by Gasteiger charge is 2.09. The second-order valence-electron chi connectivity index (χ2n) is 3.30. The highest BCUT2D eigenvalue weighted by molar-refractivity contribution is 6.17. The fourth-order valence-corrected chi connectivity index (χ4v) is 1.41. The molecule has 1 aromatic carbocycles. The van der Waals surface area contributed by atoms with E-state index < -0.39 is 0 Å². The van der Waals surface area contributed by atoms with Crippen molar-refractivity contribution in [2.24, 2.45) is 0 Å². The van der Waals surface area contributed by atoms with Crippen LogP contribution in [0.15, 0.2) is 36.9 Å². The number of nitrogens with zero attached hydrogens (tertiary/aromatic N) is 1. The number of amides is 1. The van der Waals surface area contributed by atoms with Crippen molar-refractivity contribution in [3.05, 3.63) is 48.0 Å². The lowest BCUT2D eigenvalue weighted by atomic mass is 10.1. The molecule has 0 saturated carbocycles. The van der Waals surface area contributed by atoms with E-state index in [1.807, 2.05) is 12.1 Å². The molecule has 0 aliphatic rings. The first-order chi connectivity index (χ1) is 7.19. The lowest BCUT2D eigenvalue weighted by molar-refractivity contribution is 0.0810. The monoisotopic (exact) mass is 223 g/mol. The van der Waals surface area contributed by atoms with Crippen molar-refractivity contribution >= 4 is 17.5 Å². The zero-order valence-electron chi connectivity index (χ0n) is 8.74. The summed E-state index contributed by atoms with van der Waals surface area (Å²) < 4.78 is 0. The molecule has 0 atom stereocenters. The Morgan fingerprint density at radius 2 is 2.07 bits per heavy atom. The molecule has 0 N–H and O–H groups in total. The number of rotatable bonds is 4. The summed E-state index contributed by atoms with van der Waals surface area (Å²) >= 11 is 5.66. The third-order valence-electron chi connectivity index (χ3n) is 2.10. The van der Waals surface area contributed by atoms with E-state index in [1.165, 1.54) is 0 Å². The molecule has 0 bridgehead atoms. The van der Waals surface area contributed by atoms with Crippen molar-refractivity contribution in [3.63, 3.8) is 0 Å². The van der Waals surface area contributed by atoms with Crippen LogP contribution in [0.1, 0.15) is 15.9 Å². The maximum absolute atomic E-state index is 11.8. The van der Waals surface area contributed by atoms with Gasteiger partial charge in [-0.2, -0.15) is 0 Å². The van der Waals surface area contributed by atoms with Crippen molar-refractivity contribution in [2.75, 3.05) is 13.6 Å². The molecule has 0 aliphatic heterocycles. The van der Waals surface area contributed by atoms with Crippen LogP contribution in [0.25, 0.3) is 0 Å². The zero-order valence-corrected chi connectivity index (χ0v) is 9.50. The largest absolute Gasteiger partial charge is 0.338 e. The van der Waals surface area contributed by atoms with Crippen LogP contribution in [-0.4, -0.2) is 24.4 Å². The summed E-state index contributed by atoms with van der Waals surface area (Å²) in [7, 11) is 1.75. The summed E-state index contributed by atoms with van der Waals surface area (Å²) in [6, 6.07) is 7.31. The maximum atomic E-state index is 11.8. The Morgan fingerprint density at radius 3 is 2.53 bits per heavy atom. The Morgan fingerprint density at radius 1 is 1.47 bits per heavy atom. The lowest BCUT2D eigenvalue weighted by Gasteiger charge is -2.14. The summed E-state index contributed by atoms with van der Waals surface area (Å²) in [6.07, 6.45) is 1.70. The summed E-state index contributed by atoms with van der Waals surface area (Å²) in [5.74, 6) is 0.466. The van der Waals surface area contributed by atoms with Gasteiger partial charge in [0.1, 0.15) is 0 Å². The Kier molecular flexibility index (Phi) is 4.37. The van der Waals surface area contributed by atoms with Gasteiger partial charge in [-0.25, -0.2) is 0 Å². The average molecular weight is 224 g/mol. The minimum atomic E-state index is -0.00368. The van der Waals surface area contributed by atoms with Crippen LogP contribution in [-0.2, 0) is 5.88 Å². The molecule has 0 heterocycles. The fourth-order valence-electron chi connectivity index (χ4n) is 1.23. The van der Waals surface area contributed by atoms with E-state index in [2.05, 4.69) is 6.58 Å². The number of likely N-dealkylation sites (N-methyl/N-ethyl adjacent to an activating group) is 1. The van der Waals surface area contributed by atoms with E-state index in [0.717, 1.165) is 5.56 Å². The van der Waals surface area contributed by atoms with E-state index in [-0.39, 0.29) is 5.91 Å². The van der Waals surface area contributed by atoms with Crippen LogP contribution in [0.5, 0.6) is 0 Å². The maximum Gasteiger partial charge on any atom is 0.253 e. The molecule has 0 unspecified atom stereocenters. The van der Waals surface area contributed by atoms with Crippen molar-refractivity contribution < 1.29 is 4.79 Å². The second-order valence-corrected chi connectivity index (χ2v) is 3.57. The zero-order chi connectivity index (χ0) is 11.3. The molecular formula is C12H14ClNO. The topological polar surface area (TPSA) is 20.3 Å². The number of carbonyl (C=O) groups is 1. The molecule has 2 nitrogen and oxygen atoms in total. The van der Waals surface area contributed by atoms with Crippen LogP contribution in [0.4, 0.5) is 0 Å². The van der Waals surface area contributed by atoms with Crippen LogP contribution in [0.2, 0.25) is 0 Å². The van der Waals surface area contributed by atoms with Gasteiger partial charge in [-0.3, -0.25) is 4.79 Å². The van der Waals surface area contributed by atoms with Crippen molar-refractivity contribution in [1.29, 1.82) is 0 Å². The standard InChI is InChI=1S/C12H14ClNO/c1-3-8-14(2)12(15)11-6-4-10(9-13)5-7-11/h3-7H,1,8-9H2,2H3. The predicted octanol–water partition coefficient (Wildman–Crippen LogP) is 2.68. The molecule has 0 aromatic heterocycles. The van der Waals surface area contributed by atoms with Gasteiger partial charge < -0.3 is 4.90 Å². The number of alkyl halides is 1. The summed E-state index contributed by atoms with van der Waals surface area (Å²) in [6.45, 7) is 4.14. The van der Waals surface area contributed by atoms with Crippen molar-refractivity contribution in [3.8, 4) is 0 Å². The number of hydrogen-bond acceptors (Lipinski definition) is 1. The average Bonchev–Trinajstić information content (AvgIpc) is 2.28. The van der Waals surface area contributed by atoms with Gasteiger partial charge in [0.2, 0.25) is 0 Å². The number of halogens is 1. The third-order valence-corrected chi connectivity index (χ3v) is 2.41. The van der Waals surface area contributed by atoms with Gasteiger partial charge in [-0.15, -0.1) is 18.2 Å². The molecule has 0 saturated heterocycles. The van der Waals surface area contributed by atoms with Gasteiger partial charge in [-0.1, -0.05) is 18.2 Å². The Hall–Kier alpha value is -1.28. The first-order valence-electron chi connectivity index (χ1n) is 4.70. The number of carbonyl (C=O) groups excluding carboxylic acids is 1. The van der Waals surface area contributed by atoms with Crippen LogP contribution < -0.4 is 0 Å². The Labute approximate surface area is 95.2 Å². The molecule has 80 valence electrons. The molecule has 0 aliphatic carbocycles. The number of hydrogen-bond donors (Lipinski definition) is 0. The quantitative estimate of drug-likeness (QED) is 0.568. The minimum Gasteiger partial charge on any atom is -0.338 e. The number of benzene rings is 1. The highest BCUT2D eigenvalue weighted by Crippen LogP contribution is 2.08. The Bertz CT molecular complexity index is 345. The van der Waals surface area contributed by atoms with E-state index in [4.69, 9.17) is 11.6 Å². The summed E-state index contributed by atoms with van der Waals surface area (Å²) in [5.41, 5.74) is 1.69. The highest BCUT2D eigenvalue weighted by atomic mass is 35.5. The Balaban J connectivity index is 2.77. The first kappa shape index (κ1) is 11.8. The van der Waals surface area contributed by atoms with Gasteiger partial charge in [0.05, 0.1) is 0 Å². The van der Waals surface area contributed by atoms with E-state index in [1.54, 1.807) is 30.2 Å². The van der Waals surface area contributed by atoms with Gasteiger partial charge >= 0.3 is 0 Å². The summed E-state index contributed by atoms with van der Waals surface area (Å²) in [5, 5.41) is 0. The van der Waals surface area contributed by atoms with E-state index >= 15 is 0 Å². The molecule has 1 aromatic rings. The van der Waals surface area contributed by atoms with E-state index in [9.17, 15) is 4.79 Å². The minimum absolute atomic E-state index is 0.00368. The van der Waals surface area contributed by atoms with Crippen LogP contribution >= 0.6 is 11.6 Å². The van der Waals surface area contributed by atoms with Gasteiger partial charge in [0.15, 0.2) is 0 Å². The van der Waals surface area contributed by atoms with Crippen molar-refractivity contribution in [1.82, 2.24) is 4.90 Å². The molecule has 1 rings (SSSR count). The molecule has 0 spiro atoms. The molecule has 3 heteroatoms. The van der Waals surface area contributed by atoms with E-state index in [0.29, 0.717) is 18.0 Å². The second kappa shape index (κ2) is 5.56. The molecule has 15 heavy (non-hydrogen) atoms. The smallest absolute Gasteiger partial charge is 0.253 e. The molecular weight excluding hydrogens is 210 g/mol. The summed E-state index contributed by atoms with van der Waals surface area (Å²) in [4.78, 5) is 13.4. The molecule has 0 radical (unpaired) electrons. The van der Waals surface area contributed by atoms with Gasteiger partial charge in [0, 0.05) is 25.0 Å². The SMILES string of the molecule is C=CCN(C)C(=O)c1ccc(CCl)cc1. The van der Waals surface area contributed by atoms with Gasteiger partial charge in [0.25, 0.3) is 5.91 Å².